The Hall–Kier alpha value is -2.58. The first kappa shape index (κ1) is 22.1. The largest absolute Gasteiger partial charge is 0.486 e. The number of benzene rings is 2. The molecule has 0 bridgehead atoms. The van der Waals surface area contributed by atoms with Crippen molar-refractivity contribution in [3.8, 4) is 11.5 Å². The minimum Gasteiger partial charge on any atom is -0.486 e. The molecule has 1 heterocycles. The van der Waals surface area contributed by atoms with Crippen LogP contribution in [-0.4, -0.2) is 34.1 Å². The average molecular weight is 433 g/mol. The molecule has 0 aromatic heterocycles. The summed E-state index contributed by atoms with van der Waals surface area (Å²) in [5, 5.41) is 2.96. The van der Waals surface area contributed by atoms with Gasteiger partial charge in [-0.1, -0.05) is 19.1 Å². The molecule has 30 heavy (non-hydrogen) atoms. The molecular weight excluding hydrogens is 404 g/mol. The van der Waals surface area contributed by atoms with E-state index in [1.807, 2.05) is 39.0 Å². The first-order valence-corrected chi connectivity index (χ1v) is 11.5. The predicted octanol–water partition coefficient (Wildman–Crippen LogP) is 3.01. The van der Waals surface area contributed by atoms with Crippen molar-refractivity contribution in [1.29, 1.82) is 0 Å². The molecule has 0 aliphatic carbocycles. The van der Waals surface area contributed by atoms with Gasteiger partial charge in [-0.15, -0.1) is 0 Å². The number of rotatable bonds is 8. The van der Waals surface area contributed by atoms with Gasteiger partial charge in [-0.2, -0.15) is 0 Å². The number of fused-ring (bicyclic) bond motifs is 1. The number of aryl methyl sites for hydroxylation is 2. The number of ether oxygens (including phenoxy) is 2. The van der Waals surface area contributed by atoms with E-state index in [4.69, 9.17) is 9.47 Å². The van der Waals surface area contributed by atoms with E-state index >= 15 is 0 Å². The number of hydrogen-bond acceptors (Lipinski definition) is 5. The standard InChI is InChI=1S/C22H28N2O5S/c1-4-19(17-6-8-20-21(14-17)29-12-11-28-20)24-22(25)9-10-23-30(26,27)18-7-5-15(2)16(3)13-18/h5-8,13-14,19,23H,4,9-12H2,1-3H3,(H,24,25). The molecule has 7 nitrogen and oxygen atoms in total. The zero-order valence-corrected chi connectivity index (χ0v) is 18.3. The molecular formula is C22H28N2O5S. The lowest BCUT2D eigenvalue weighted by Crippen LogP contribution is -2.33. The smallest absolute Gasteiger partial charge is 0.240 e. The third-order valence-corrected chi connectivity index (χ3v) is 6.60. The number of amides is 1. The number of carbonyl (C=O) groups excluding carboxylic acids is 1. The second kappa shape index (κ2) is 9.49. The van der Waals surface area contributed by atoms with E-state index in [1.165, 1.54) is 0 Å². The van der Waals surface area contributed by atoms with Crippen molar-refractivity contribution in [1.82, 2.24) is 10.0 Å². The van der Waals surface area contributed by atoms with Gasteiger partial charge in [-0.25, -0.2) is 13.1 Å². The van der Waals surface area contributed by atoms with E-state index in [0.29, 0.717) is 31.1 Å². The van der Waals surface area contributed by atoms with Gasteiger partial charge >= 0.3 is 0 Å². The van der Waals surface area contributed by atoms with Gasteiger partial charge in [-0.3, -0.25) is 4.79 Å². The topological polar surface area (TPSA) is 93.7 Å². The molecule has 1 amide bonds. The van der Waals surface area contributed by atoms with Gasteiger partial charge in [0.15, 0.2) is 11.5 Å². The lowest BCUT2D eigenvalue weighted by atomic mass is 10.0. The molecule has 162 valence electrons. The van der Waals surface area contributed by atoms with Gasteiger partial charge in [0.1, 0.15) is 13.2 Å². The van der Waals surface area contributed by atoms with E-state index in [-0.39, 0.29) is 29.8 Å². The molecule has 1 unspecified atom stereocenters. The van der Waals surface area contributed by atoms with Gasteiger partial charge in [0, 0.05) is 13.0 Å². The van der Waals surface area contributed by atoms with Crippen molar-refractivity contribution in [2.24, 2.45) is 0 Å². The Kier molecular flexibility index (Phi) is 6.99. The minimum atomic E-state index is -3.65. The summed E-state index contributed by atoms with van der Waals surface area (Å²) in [6.07, 6.45) is 0.741. The van der Waals surface area contributed by atoms with Crippen LogP contribution in [0.3, 0.4) is 0 Å². The maximum atomic E-state index is 12.4. The van der Waals surface area contributed by atoms with Crippen molar-refractivity contribution < 1.29 is 22.7 Å². The highest BCUT2D eigenvalue weighted by Gasteiger charge is 2.19. The molecule has 3 rings (SSSR count). The molecule has 1 aliphatic rings. The fourth-order valence-corrected chi connectivity index (χ4v) is 4.34. The summed E-state index contributed by atoms with van der Waals surface area (Å²) in [6, 6.07) is 10.4. The van der Waals surface area contributed by atoms with Gasteiger partial charge in [0.25, 0.3) is 0 Å². The Morgan fingerprint density at radius 1 is 1.03 bits per heavy atom. The Bertz CT molecular complexity index is 1020. The highest BCUT2D eigenvalue weighted by molar-refractivity contribution is 7.89. The quantitative estimate of drug-likeness (QED) is 0.669. The van der Waals surface area contributed by atoms with E-state index in [2.05, 4.69) is 10.0 Å². The van der Waals surface area contributed by atoms with Crippen LogP contribution in [0.2, 0.25) is 0 Å². The fourth-order valence-electron chi connectivity index (χ4n) is 3.23. The second-order valence-electron chi connectivity index (χ2n) is 7.33. The van der Waals surface area contributed by atoms with Gasteiger partial charge < -0.3 is 14.8 Å². The van der Waals surface area contributed by atoms with Crippen LogP contribution >= 0.6 is 0 Å². The zero-order chi connectivity index (χ0) is 21.7. The Morgan fingerprint density at radius 3 is 2.47 bits per heavy atom. The van der Waals surface area contributed by atoms with Crippen LogP contribution in [0.4, 0.5) is 0 Å². The van der Waals surface area contributed by atoms with Gasteiger partial charge in [0.05, 0.1) is 10.9 Å². The SMILES string of the molecule is CCC(NC(=O)CCNS(=O)(=O)c1ccc(C)c(C)c1)c1ccc2c(c1)OCCO2. The number of nitrogens with one attached hydrogen (secondary N) is 2. The number of sulfonamides is 1. The lowest BCUT2D eigenvalue weighted by Gasteiger charge is -2.22. The summed E-state index contributed by atoms with van der Waals surface area (Å²) in [6.45, 7) is 6.82. The van der Waals surface area contributed by atoms with E-state index in [9.17, 15) is 13.2 Å². The van der Waals surface area contributed by atoms with Crippen LogP contribution in [0, 0.1) is 13.8 Å². The third-order valence-electron chi connectivity index (χ3n) is 5.14. The average Bonchev–Trinajstić information content (AvgIpc) is 2.73. The molecule has 0 spiro atoms. The molecule has 2 aromatic rings. The highest BCUT2D eigenvalue weighted by atomic mass is 32.2. The first-order chi connectivity index (χ1) is 14.3. The maximum absolute atomic E-state index is 12.4. The van der Waals surface area contributed by atoms with Crippen molar-refractivity contribution in [3.63, 3.8) is 0 Å². The first-order valence-electron chi connectivity index (χ1n) is 10.1. The monoisotopic (exact) mass is 432 g/mol. The van der Waals surface area contributed by atoms with Crippen molar-refractivity contribution >= 4 is 15.9 Å². The molecule has 1 atom stereocenters. The molecule has 0 saturated carbocycles. The van der Waals surface area contributed by atoms with Crippen LogP contribution in [0.15, 0.2) is 41.3 Å². The predicted molar refractivity (Wildman–Crippen MR) is 114 cm³/mol. The number of hydrogen-bond donors (Lipinski definition) is 2. The lowest BCUT2D eigenvalue weighted by molar-refractivity contribution is -0.121. The summed E-state index contributed by atoms with van der Waals surface area (Å²) in [7, 11) is -3.65. The van der Waals surface area contributed by atoms with E-state index in [0.717, 1.165) is 16.7 Å². The third kappa shape index (κ3) is 5.31. The number of carbonyl (C=O) groups is 1. The molecule has 1 aliphatic heterocycles. The Labute approximate surface area is 177 Å². The van der Waals surface area contributed by atoms with E-state index in [1.54, 1.807) is 18.2 Å². The Morgan fingerprint density at radius 2 is 1.77 bits per heavy atom. The summed E-state index contributed by atoms with van der Waals surface area (Å²) < 4.78 is 38.5. The molecule has 8 heteroatoms. The molecule has 2 N–H and O–H groups in total. The zero-order valence-electron chi connectivity index (χ0n) is 17.5. The van der Waals surface area contributed by atoms with Crippen LogP contribution in [0.1, 0.15) is 42.5 Å². The second-order valence-corrected chi connectivity index (χ2v) is 9.09. The van der Waals surface area contributed by atoms with Crippen molar-refractivity contribution in [3.05, 3.63) is 53.1 Å². The highest BCUT2D eigenvalue weighted by Crippen LogP contribution is 2.33. The van der Waals surface area contributed by atoms with Crippen LogP contribution in [-0.2, 0) is 14.8 Å². The molecule has 0 radical (unpaired) electrons. The molecule has 0 fully saturated rings. The van der Waals surface area contributed by atoms with Gasteiger partial charge in [-0.05, 0) is 61.2 Å². The Balaban J connectivity index is 1.56. The van der Waals surface area contributed by atoms with Crippen molar-refractivity contribution in [2.45, 2.75) is 44.6 Å². The van der Waals surface area contributed by atoms with Crippen molar-refractivity contribution in [2.75, 3.05) is 19.8 Å². The minimum absolute atomic E-state index is 0.0265. The summed E-state index contributed by atoms with van der Waals surface area (Å²) in [5.41, 5.74) is 2.85. The van der Waals surface area contributed by atoms with Crippen LogP contribution < -0.4 is 19.5 Å². The van der Waals surface area contributed by atoms with E-state index < -0.39 is 10.0 Å². The fraction of sp³-hybridized carbons (Fsp3) is 0.409. The summed E-state index contributed by atoms with van der Waals surface area (Å²) in [4.78, 5) is 12.6. The summed E-state index contributed by atoms with van der Waals surface area (Å²) >= 11 is 0. The maximum Gasteiger partial charge on any atom is 0.240 e. The summed E-state index contributed by atoms with van der Waals surface area (Å²) in [5.74, 6) is 1.15. The van der Waals surface area contributed by atoms with Crippen LogP contribution in [0.25, 0.3) is 0 Å². The normalized spacial score (nSPS) is 14.2. The van der Waals surface area contributed by atoms with Gasteiger partial charge in [0.2, 0.25) is 15.9 Å². The van der Waals surface area contributed by atoms with Crippen LogP contribution in [0.5, 0.6) is 11.5 Å². The molecule has 0 saturated heterocycles. The molecule has 2 aromatic carbocycles.